The Labute approximate surface area is 270 Å². The molecule has 3 aromatic rings. The first-order chi connectivity index (χ1) is 22.0. The largest absolute Gasteiger partial charge is 0.486 e. The number of carbonyl (C=O) groups excluding carboxylic acids is 2. The van der Waals surface area contributed by atoms with Gasteiger partial charge in [-0.05, 0) is 69.3 Å². The molecule has 2 aromatic carbocycles. The van der Waals surface area contributed by atoms with Crippen LogP contribution in [-0.4, -0.2) is 52.1 Å². The molecule has 0 aliphatic carbocycles. The molecule has 1 atom stereocenters. The van der Waals surface area contributed by atoms with Crippen LogP contribution in [0.3, 0.4) is 0 Å². The molecule has 20 heteroatoms. The quantitative estimate of drug-likeness (QED) is 0.308. The SMILES string of the molecule is CC(C)(C)OC(=O)Nc1ccc2c(c1)N(S(=O)(=O)c1cccc(C(F)(F)F)c1)CC(CC(=O)NS(=O)(=O)c1cc(C(F)(F)F)ccn1)O2. The molecule has 0 fully saturated rings. The molecule has 4 rings (SSSR count). The molecule has 2 amide bonds. The number of hydrogen-bond acceptors (Lipinski definition) is 9. The summed E-state index contributed by atoms with van der Waals surface area (Å²) >= 11 is 0. The minimum atomic E-state index is -4.94. The number of fused-ring (bicyclic) bond motifs is 1. The summed E-state index contributed by atoms with van der Waals surface area (Å²) in [7, 11) is -9.80. The van der Waals surface area contributed by atoms with Crippen LogP contribution in [0.5, 0.6) is 5.75 Å². The lowest BCUT2D eigenvalue weighted by Gasteiger charge is -2.35. The van der Waals surface area contributed by atoms with Crippen molar-refractivity contribution >= 4 is 43.4 Å². The van der Waals surface area contributed by atoms with Crippen LogP contribution in [0.4, 0.5) is 42.5 Å². The van der Waals surface area contributed by atoms with Crippen LogP contribution in [0.1, 0.15) is 38.3 Å². The van der Waals surface area contributed by atoms with Crippen molar-refractivity contribution in [3.8, 4) is 5.75 Å². The summed E-state index contributed by atoms with van der Waals surface area (Å²) in [6, 6.07) is 7.12. The maximum absolute atomic E-state index is 13.8. The molecule has 0 saturated heterocycles. The first kappa shape index (κ1) is 36.2. The number of halogens is 6. The second kappa shape index (κ2) is 12.8. The van der Waals surface area contributed by atoms with Crippen LogP contribution in [0.2, 0.25) is 0 Å². The maximum atomic E-state index is 13.8. The molecular formula is C28H26F6N4O8S2. The van der Waals surface area contributed by atoms with Gasteiger partial charge in [-0.2, -0.15) is 34.8 Å². The Kier molecular flexibility index (Phi) is 9.66. The fourth-order valence-electron chi connectivity index (χ4n) is 4.29. The smallest absolute Gasteiger partial charge is 0.416 e. The number of amides is 2. The van der Waals surface area contributed by atoms with Gasteiger partial charge in [0.15, 0.2) is 5.03 Å². The van der Waals surface area contributed by atoms with Gasteiger partial charge in [0, 0.05) is 11.9 Å². The van der Waals surface area contributed by atoms with Crippen molar-refractivity contribution in [3.05, 3.63) is 71.9 Å². The minimum absolute atomic E-state index is 0.00767. The second-order valence-electron chi connectivity index (χ2n) is 11.2. The van der Waals surface area contributed by atoms with Crippen LogP contribution in [-0.2, 0) is 41.9 Å². The van der Waals surface area contributed by atoms with Crippen molar-refractivity contribution < 1.29 is 62.2 Å². The highest BCUT2D eigenvalue weighted by Crippen LogP contribution is 2.40. The summed E-state index contributed by atoms with van der Waals surface area (Å²) in [6.45, 7) is 4.02. The molecule has 260 valence electrons. The van der Waals surface area contributed by atoms with Crippen LogP contribution in [0, 0.1) is 0 Å². The lowest BCUT2D eigenvalue weighted by Crippen LogP contribution is -2.46. The average Bonchev–Trinajstić information content (AvgIpc) is 2.95. The second-order valence-corrected chi connectivity index (χ2v) is 14.7. The van der Waals surface area contributed by atoms with Gasteiger partial charge < -0.3 is 9.47 Å². The summed E-state index contributed by atoms with van der Waals surface area (Å²) in [5.74, 6) is -1.56. The number of carbonyl (C=O) groups is 2. The van der Waals surface area contributed by atoms with E-state index in [0.29, 0.717) is 28.7 Å². The van der Waals surface area contributed by atoms with Gasteiger partial charge in [0.2, 0.25) is 5.91 Å². The number of aromatic nitrogens is 1. The molecule has 1 unspecified atom stereocenters. The third-order valence-corrected chi connectivity index (χ3v) is 9.33. The highest BCUT2D eigenvalue weighted by Gasteiger charge is 2.39. The number of ether oxygens (including phenoxy) is 2. The number of hydrogen-bond donors (Lipinski definition) is 2. The van der Waals surface area contributed by atoms with E-state index in [9.17, 15) is 52.8 Å². The number of sulfonamides is 2. The zero-order valence-corrected chi connectivity index (χ0v) is 26.6. The van der Waals surface area contributed by atoms with Gasteiger partial charge in [-0.1, -0.05) is 6.07 Å². The van der Waals surface area contributed by atoms with E-state index in [4.69, 9.17) is 9.47 Å². The van der Waals surface area contributed by atoms with Crippen molar-refractivity contribution in [2.45, 2.75) is 61.2 Å². The topological polar surface area (TPSA) is 161 Å². The number of rotatable bonds is 7. The average molecular weight is 725 g/mol. The molecule has 1 aliphatic heterocycles. The van der Waals surface area contributed by atoms with E-state index in [0.717, 1.165) is 18.2 Å². The van der Waals surface area contributed by atoms with Crippen molar-refractivity contribution in [2.24, 2.45) is 0 Å². The molecule has 0 saturated carbocycles. The lowest BCUT2D eigenvalue weighted by atomic mass is 10.1. The minimum Gasteiger partial charge on any atom is -0.486 e. The van der Waals surface area contributed by atoms with Gasteiger partial charge >= 0.3 is 18.4 Å². The Morgan fingerprint density at radius 3 is 2.21 bits per heavy atom. The Morgan fingerprint density at radius 1 is 0.938 bits per heavy atom. The zero-order valence-electron chi connectivity index (χ0n) is 25.0. The van der Waals surface area contributed by atoms with Gasteiger partial charge in [0.1, 0.15) is 17.5 Å². The standard InChI is InChI=1S/C28H26F6N4O8S2/c1-26(2,3)46-25(40)36-18-7-8-22-21(13-18)38(48(43,44)20-6-4-5-16(11-20)27(29,30)31)15-19(45-22)14-23(39)37-47(41,42)24-12-17(9-10-35-24)28(32,33)34/h4-13,19H,14-15H2,1-3H3,(H,36,40)(H,37,39). The lowest BCUT2D eigenvalue weighted by molar-refractivity contribution is -0.138. The van der Waals surface area contributed by atoms with Gasteiger partial charge in [-0.15, -0.1) is 0 Å². The molecule has 2 heterocycles. The van der Waals surface area contributed by atoms with Crippen molar-refractivity contribution in [2.75, 3.05) is 16.2 Å². The van der Waals surface area contributed by atoms with Crippen LogP contribution >= 0.6 is 0 Å². The van der Waals surface area contributed by atoms with Crippen LogP contribution in [0.25, 0.3) is 0 Å². The van der Waals surface area contributed by atoms with Crippen molar-refractivity contribution in [1.29, 1.82) is 0 Å². The van der Waals surface area contributed by atoms with E-state index in [-0.39, 0.29) is 23.2 Å². The molecule has 1 aliphatic rings. The van der Waals surface area contributed by atoms with Crippen LogP contribution in [0.15, 0.2) is 70.7 Å². The number of pyridine rings is 1. The van der Waals surface area contributed by atoms with E-state index in [2.05, 4.69) is 10.3 Å². The Balaban J connectivity index is 1.66. The highest BCUT2D eigenvalue weighted by molar-refractivity contribution is 7.92. The number of nitrogens with zero attached hydrogens (tertiary/aromatic N) is 2. The Bertz CT molecular complexity index is 1950. The summed E-state index contributed by atoms with van der Waals surface area (Å²) in [6.07, 6.45) is -12.5. The number of benzene rings is 2. The maximum Gasteiger partial charge on any atom is 0.416 e. The van der Waals surface area contributed by atoms with E-state index in [1.54, 1.807) is 25.5 Å². The molecule has 0 spiro atoms. The Morgan fingerprint density at radius 2 is 1.58 bits per heavy atom. The zero-order chi connectivity index (χ0) is 35.9. The molecule has 48 heavy (non-hydrogen) atoms. The molecule has 0 radical (unpaired) electrons. The van der Waals surface area contributed by atoms with Gasteiger partial charge in [0.05, 0.1) is 34.7 Å². The first-order valence-electron chi connectivity index (χ1n) is 13.6. The van der Waals surface area contributed by atoms with E-state index in [1.165, 1.54) is 12.1 Å². The normalized spacial score (nSPS) is 15.6. The third-order valence-electron chi connectivity index (χ3n) is 6.28. The number of anilines is 2. The van der Waals surface area contributed by atoms with E-state index in [1.807, 2.05) is 0 Å². The van der Waals surface area contributed by atoms with Crippen LogP contribution < -0.4 is 19.1 Å². The number of nitrogens with one attached hydrogen (secondary N) is 2. The summed E-state index contributed by atoms with van der Waals surface area (Å²) < 4.78 is 146. The summed E-state index contributed by atoms with van der Waals surface area (Å²) in [4.78, 5) is 27.7. The monoisotopic (exact) mass is 724 g/mol. The summed E-state index contributed by atoms with van der Waals surface area (Å²) in [5.41, 5.74) is -3.81. The Hall–Kier alpha value is -4.59. The highest BCUT2D eigenvalue weighted by atomic mass is 32.2. The van der Waals surface area contributed by atoms with E-state index < -0.39 is 90.1 Å². The molecule has 12 nitrogen and oxygen atoms in total. The first-order valence-corrected chi connectivity index (χ1v) is 16.5. The fourth-order valence-corrected chi connectivity index (χ4v) is 6.80. The van der Waals surface area contributed by atoms with Crippen molar-refractivity contribution in [1.82, 2.24) is 9.71 Å². The van der Waals surface area contributed by atoms with Gasteiger partial charge in [0.25, 0.3) is 20.0 Å². The van der Waals surface area contributed by atoms with E-state index >= 15 is 0 Å². The molecule has 1 aromatic heterocycles. The van der Waals surface area contributed by atoms with Gasteiger partial charge in [-0.3, -0.25) is 14.4 Å². The molecule has 0 bridgehead atoms. The number of alkyl halides is 6. The fraction of sp³-hybridized carbons (Fsp3) is 0.321. The predicted octanol–water partition coefficient (Wildman–Crippen LogP) is 5.32. The van der Waals surface area contributed by atoms with Gasteiger partial charge in [-0.25, -0.2) is 22.9 Å². The third kappa shape index (κ3) is 8.65. The molecular weight excluding hydrogens is 698 g/mol. The predicted molar refractivity (Wildman–Crippen MR) is 156 cm³/mol. The van der Waals surface area contributed by atoms with Crippen molar-refractivity contribution in [3.63, 3.8) is 0 Å². The molecule has 2 N–H and O–H groups in total. The summed E-state index contributed by atoms with van der Waals surface area (Å²) in [5, 5.41) is 1.27.